The highest BCUT2D eigenvalue weighted by atomic mass is 14.2. The molecule has 0 heterocycles. The van der Waals surface area contributed by atoms with Crippen molar-refractivity contribution in [2.45, 2.75) is 118 Å². The van der Waals surface area contributed by atoms with Crippen molar-refractivity contribution in [3.8, 4) is 0 Å². The molecule has 21 heavy (non-hydrogen) atoms. The molecule has 0 rings (SSSR count). The van der Waals surface area contributed by atoms with Gasteiger partial charge in [-0.05, 0) is 17.8 Å². The van der Waals surface area contributed by atoms with Gasteiger partial charge in [-0.1, -0.05) is 118 Å². The topological polar surface area (TPSA) is 0 Å². The summed E-state index contributed by atoms with van der Waals surface area (Å²) in [5, 5.41) is 0. The van der Waals surface area contributed by atoms with E-state index in [1.807, 2.05) is 0 Å². The molecule has 0 nitrogen and oxygen atoms in total. The molecule has 128 valence electrons. The van der Waals surface area contributed by atoms with Crippen molar-refractivity contribution in [1.29, 1.82) is 0 Å². The van der Waals surface area contributed by atoms with Crippen molar-refractivity contribution in [1.82, 2.24) is 0 Å². The van der Waals surface area contributed by atoms with Crippen LogP contribution in [-0.2, 0) is 0 Å². The normalized spacial score (nSPS) is 15.9. The van der Waals surface area contributed by atoms with Crippen LogP contribution in [-0.4, -0.2) is 0 Å². The Morgan fingerprint density at radius 2 is 1.14 bits per heavy atom. The van der Waals surface area contributed by atoms with Crippen LogP contribution in [0.15, 0.2) is 0 Å². The van der Waals surface area contributed by atoms with Crippen LogP contribution >= 0.6 is 0 Å². The molecule has 0 spiro atoms. The van der Waals surface area contributed by atoms with E-state index in [4.69, 9.17) is 0 Å². The fourth-order valence-electron chi connectivity index (χ4n) is 3.46. The van der Waals surface area contributed by atoms with Crippen LogP contribution in [0.2, 0.25) is 0 Å². The summed E-state index contributed by atoms with van der Waals surface area (Å²) >= 11 is 0. The molecular formula is C21H44. The second kappa shape index (κ2) is 14.9. The first-order valence-electron chi connectivity index (χ1n) is 10.2. The molecule has 0 saturated carbocycles. The second-order valence-electron chi connectivity index (χ2n) is 7.50. The minimum absolute atomic E-state index is 0.944. The molecule has 0 heteroatoms. The first-order chi connectivity index (χ1) is 10.2. The van der Waals surface area contributed by atoms with Gasteiger partial charge < -0.3 is 0 Å². The minimum atomic E-state index is 0.944. The van der Waals surface area contributed by atoms with Gasteiger partial charge in [0.05, 0.1) is 0 Å². The van der Waals surface area contributed by atoms with Crippen LogP contribution in [0.1, 0.15) is 118 Å². The number of hydrogen-bond acceptors (Lipinski definition) is 0. The summed E-state index contributed by atoms with van der Waals surface area (Å²) in [6.07, 6.45) is 18.7. The third kappa shape index (κ3) is 12.2. The summed E-state index contributed by atoms with van der Waals surface area (Å²) in [5.74, 6) is 2.88. The van der Waals surface area contributed by atoms with E-state index in [2.05, 4.69) is 34.6 Å². The highest BCUT2D eigenvalue weighted by molar-refractivity contribution is 4.65. The quantitative estimate of drug-likeness (QED) is 0.268. The molecule has 0 aromatic carbocycles. The van der Waals surface area contributed by atoms with Gasteiger partial charge in [0.25, 0.3) is 0 Å². The van der Waals surface area contributed by atoms with Gasteiger partial charge in [0.15, 0.2) is 0 Å². The van der Waals surface area contributed by atoms with E-state index in [1.165, 1.54) is 83.5 Å². The fraction of sp³-hybridized carbons (Fsp3) is 1.00. The van der Waals surface area contributed by atoms with E-state index in [0.717, 1.165) is 17.8 Å². The second-order valence-corrected chi connectivity index (χ2v) is 7.50. The molecule has 0 bridgehead atoms. The Hall–Kier alpha value is 0. The molecule has 0 aromatic rings. The monoisotopic (exact) mass is 296 g/mol. The van der Waals surface area contributed by atoms with Crippen molar-refractivity contribution < 1.29 is 0 Å². The Morgan fingerprint density at radius 3 is 1.67 bits per heavy atom. The van der Waals surface area contributed by atoms with E-state index in [-0.39, 0.29) is 0 Å². The molecular weight excluding hydrogens is 252 g/mol. The minimum Gasteiger partial charge on any atom is -0.0654 e. The standard InChI is InChI=1S/C21H44/c1-6-9-18-21(8-3)20(5)17-15-13-11-10-12-14-16-19(4)7-2/h19-21H,6-18H2,1-5H3. The van der Waals surface area contributed by atoms with E-state index in [9.17, 15) is 0 Å². The van der Waals surface area contributed by atoms with Crippen molar-refractivity contribution in [3.05, 3.63) is 0 Å². The Morgan fingerprint density at radius 1 is 0.571 bits per heavy atom. The summed E-state index contributed by atoms with van der Waals surface area (Å²) < 4.78 is 0. The maximum absolute atomic E-state index is 2.50. The Kier molecular flexibility index (Phi) is 14.9. The van der Waals surface area contributed by atoms with Gasteiger partial charge in [-0.3, -0.25) is 0 Å². The van der Waals surface area contributed by atoms with Crippen LogP contribution in [0, 0.1) is 17.8 Å². The van der Waals surface area contributed by atoms with Crippen molar-refractivity contribution in [3.63, 3.8) is 0 Å². The first-order valence-corrected chi connectivity index (χ1v) is 10.2. The summed E-state index contributed by atoms with van der Waals surface area (Å²) in [6.45, 7) is 11.9. The smallest absolute Gasteiger partial charge is 0.0391 e. The molecule has 3 unspecified atom stereocenters. The zero-order chi connectivity index (χ0) is 15.9. The van der Waals surface area contributed by atoms with Gasteiger partial charge in [-0.15, -0.1) is 0 Å². The SMILES string of the molecule is CCCCC(CC)C(C)CCCCCCCCC(C)CC. The average molecular weight is 297 g/mol. The van der Waals surface area contributed by atoms with Gasteiger partial charge in [0.1, 0.15) is 0 Å². The zero-order valence-electron chi connectivity index (χ0n) is 15.9. The number of unbranched alkanes of at least 4 members (excludes halogenated alkanes) is 6. The molecule has 0 fully saturated rings. The van der Waals surface area contributed by atoms with Gasteiger partial charge >= 0.3 is 0 Å². The molecule has 0 aliphatic carbocycles. The largest absolute Gasteiger partial charge is 0.0654 e. The van der Waals surface area contributed by atoms with E-state index < -0.39 is 0 Å². The Bertz CT molecular complexity index is 196. The van der Waals surface area contributed by atoms with Crippen molar-refractivity contribution >= 4 is 0 Å². The molecule has 0 radical (unpaired) electrons. The first kappa shape index (κ1) is 21.0. The predicted molar refractivity (Wildman–Crippen MR) is 98.9 cm³/mol. The van der Waals surface area contributed by atoms with Crippen LogP contribution in [0.4, 0.5) is 0 Å². The van der Waals surface area contributed by atoms with Crippen LogP contribution in [0.5, 0.6) is 0 Å². The van der Waals surface area contributed by atoms with Gasteiger partial charge in [0, 0.05) is 0 Å². The van der Waals surface area contributed by atoms with E-state index in [0.29, 0.717) is 0 Å². The molecule has 0 aliphatic rings. The summed E-state index contributed by atoms with van der Waals surface area (Å²) in [7, 11) is 0. The third-order valence-corrected chi connectivity index (χ3v) is 5.56. The molecule has 0 N–H and O–H groups in total. The lowest BCUT2D eigenvalue weighted by Crippen LogP contribution is -2.11. The number of hydrogen-bond donors (Lipinski definition) is 0. The van der Waals surface area contributed by atoms with Gasteiger partial charge in [0.2, 0.25) is 0 Å². The Balaban J connectivity index is 3.44. The maximum atomic E-state index is 2.50. The Labute approximate surface area is 136 Å². The average Bonchev–Trinajstić information content (AvgIpc) is 2.50. The zero-order valence-corrected chi connectivity index (χ0v) is 15.9. The van der Waals surface area contributed by atoms with Crippen molar-refractivity contribution in [2.75, 3.05) is 0 Å². The molecule has 0 saturated heterocycles. The fourth-order valence-corrected chi connectivity index (χ4v) is 3.46. The van der Waals surface area contributed by atoms with Crippen LogP contribution in [0.25, 0.3) is 0 Å². The van der Waals surface area contributed by atoms with Gasteiger partial charge in [-0.2, -0.15) is 0 Å². The van der Waals surface area contributed by atoms with Crippen LogP contribution < -0.4 is 0 Å². The molecule has 0 aliphatic heterocycles. The lowest BCUT2D eigenvalue weighted by molar-refractivity contribution is 0.293. The number of rotatable bonds is 15. The molecule has 0 aromatic heterocycles. The summed E-state index contributed by atoms with van der Waals surface area (Å²) in [5.41, 5.74) is 0. The lowest BCUT2D eigenvalue weighted by atomic mass is 9.84. The lowest BCUT2D eigenvalue weighted by Gasteiger charge is -2.22. The van der Waals surface area contributed by atoms with E-state index >= 15 is 0 Å². The van der Waals surface area contributed by atoms with E-state index in [1.54, 1.807) is 0 Å². The summed E-state index contributed by atoms with van der Waals surface area (Å²) in [4.78, 5) is 0. The highest BCUT2D eigenvalue weighted by Crippen LogP contribution is 2.26. The van der Waals surface area contributed by atoms with Crippen LogP contribution in [0.3, 0.4) is 0 Å². The molecule has 0 amide bonds. The summed E-state index contributed by atoms with van der Waals surface area (Å²) in [6, 6.07) is 0. The van der Waals surface area contributed by atoms with Gasteiger partial charge in [-0.25, -0.2) is 0 Å². The van der Waals surface area contributed by atoms with Crippen molar-refractivity contribution in [2.24, 2.45) is 17.8 Å². The molecule has 3 atom stereocenters. The highest BCUT2D eigenvalue weighted by Gasteiger charge is 2.14. The third-order valence-electron chi connectivity index (χ3n) is 5.56. The maximum Gasteiger partial charge on any atom is -0.0391 e. The predicted octanol–water partition coefficient (Wildman–Crippen LogP) is 8.01.